The summed E-state index contributed by atoms with van der Waals surface area (Å²) >= 11 is 0. The van der Waals surface area contributed by atoms with Gasteiger partial charge in [-0.2, -0.15) is 0 Å². The molecule has 0 fully saturated rings. The number of unbranched alkanes of at least 4 members (excludes halogenated alkanes) is 3. The Hall–Kier alpha value is -1.31. The maximum absolute atomic E-state index is 10.0. The monoisotopic (exact) mass is 192 g/mol. The lowest BCUT2D eigenvalue weighted by Gasteiger charge is -2.04. The molecule has 1 aromatic carbocycles. The second-order valence-corrected chi connectivity index (χ2v) is 3.18. The van der Waals surface area contributed by atoms with Crippen molar-refractivity contribution in [3.63, 3.8) is 0 Å². The predicted octanol–water partition coefficient (Wildman–Crippen LogP) is 2.82. The van der Waals surface area contributed by atoms with E-state index in [4.69, 9.17) is 4.74 Å². The van der Waals surface area contributed by atoms with Gasteiger partial charge in [-0.15, -0.1) is 0 Å². The van der Waals surface area contributed by atoms with Crippen molar-refractivity contribution in [2.24, 2.45) is 0 Å². The Morgan fingerprint density at radius 2 is 1.86 bits per heavy atom. The minimum Gasteiger partial charge on any atom is -0.494 e. The molecular formula is C12H16O2. The Balaban J connectivity index is 2.02. The van der Waals surface area contributed by atoms with Gasteiger partial charge in [0.05, 0.1) is 6.61 Å². The van der Waals surface area contributed by atoms with Crippen molar-refractivity contribution < 1.29 is 9.53 Å². The zero-order chi connectivity index (χ0) is 10.1. The van der Waals surface area contributed by atoms with E-state index in [1.807, 2.05) is 30.3 Å². The van der Waals surface area contributed by atoms with Gasteiger partial charge in [0.25, 0.3) is 0 Å². The highest BCUT2D eigenvalue weighted by molar-refractivity contribution is 5.48. The number of carbonyl (C=O) groups is 1. The second kappa shape index (κ2) is 7.13. The van der Waals surface area contributed by atoms with Gasteiger partial charge < -0.3 is 9.53 Å². The van der Waals surface area contributed by atoms with Gasteiger partial charge in [-0.25, -0.2) is 0 Å². The van der Waals surface area contributed by atoms with E-state index >= 15 is 0 Å². The van der Waals surface area contributed by atoms with Crippen molar-refractivity contribution in [1.82, 2.24) is 0 Å². The maximum atomic E-state index is 10.0. The molecule has 0 aliphatic heterocycles. The van der Waals surface area contributed by atoms with Crippen LogP contribution in [0, 0.1) is 0 Å². The van der Waals surface area contributed by atoms with E-state index < -0.39 is 0 Å². The first kappa shape index (κ1) is 10.8. The molecule has 0 atom stereocenters. The molecule has 76 valence electrons. The van der Waals surface area contributed by atoms with Crippen LogP contribution in [0.5, 0.6) is 5.75 Å². The number of carbonyl (C=O) groups excluding carboxylic acids is 1. The predicted molar refractivity (Wildman–Crippen MR) is 56.5 cm³/mol. The summed E-state index contributed by atoms with van der Waals surface area (Å²) in [6, 6.07) is 9.79. The Morgan fingerprint density at radius 3 is 2.57 bits per heavy atom. The van der Waals surface area contributed by atoms with Gasteiger partial charge >= 0.3 is 0 Å². The van der Waals surface area contributed by atoms with Gasteiger partial charge in [-0.05, 0) is 31.4 Å². The lowest BCUT2D eigenvalue weighted by Crippen LogP contribution is -1.96. The lowest BCUT2D eigenvalue weighted by atomic mass is 10.2. The van der Waals surface area contributed by atoms with Crippen LogP contribution in [0.4, 0.5) is 0 Å². The second-order valence-electron chi connectivity index (χ2n) is 3.18. The van der Waals surface area contributed by atoms with Crippen molar-refractivity contribution in [1.29, 1.82) is 0 Å². The Kier molecular flexibility index (Phi) is 5.48. The molecule has 14 heavy (non-hydrogen) atoms. The highest BCUT2D eigenvalue weighted by atomic mass is 16.5. The van der Waals surface area contributed by atoms with E-state index in [2.05, 4.69) is 0 Å². The highest BCUT2D eigenvalue weighted by Gasteiger charge is 1.91. The summed E-state index contributed by atoms with van der Waals surface area (Å²) in [7, 11) is 0. The van der Waals surface area contributed by atoms with E-state index in [0.717, 1.165) is 37.9 Å². The van der Waals surface area contributed by atoms with Crippen molar-refractivity contribution in [3.8, 4) is 5.75 Å². The largest absolute Gasteiger partial charge is 0.494 e. The molecular weight excluding hydrogens is 176 g/mol. The van der Waals surface area contributed by atoms with Crippen molar-refractivity contribution in [2.75, 3.05) is 6.61 Å². The van der Waals surface area contributed by atoms with Crippen LogP contribution < -0.4 is 4.74 Å². The van der Waals surface area contributed by atoms with E-state index in [1.165, 1.54) is 0 Å². The van der Waals surface area contributed by atoms with Gasteiger partial charge in [0, 0.05) is 6.42 Å². The minimum atomic E-state index is 0.672. The van der Waals surface area contributed by atoms with Gasteiger partial charge in [0.15, 0.2) is 0 Å². The van der Waals surface area contributed by atoms with E-state index in [0.29, 0.717) is 6.42 Å². The average Bonchev–Trinajstić information content (AvgIpc) is 2.25. The van der Waals surface area contributed by atoms with Gasteiger partial charge in [0.2, 0.25) is 0 Å². The van der Waals surface area contributed by atoms with Crippen molar-refractivity contribution >= 4 is 6.29 Å². The molecule has 0 aliphatic rings. The topological polar surface area (TPSA) is 26.3 Å². The molecule has 0 N–H and O–H groups in total. The molecule has 0 bridgehead atoms. The molecule has 1 rings (SSSR count). The molecule has 0 saturated carbocycles. The summed E-state index contributed by atoms with van der Waals surface area (Å²) in [5.41, 5.74) is 0. The number of benzene rings is 1. The van der Waals surface area contributed by atoms with Gasteiger partial charge in [-0.3, -0.25) is 0 Å². The Bertz CT molecular complexity index is 244. The number of hydrogen-bond donors (Lipinski definition) is 0. The summed E-state index contributed by atoms with van der Waals surface area (Å²) in [5, 5.41) is 0. The van der Waals surface area contributed by atoms with Crippen LogP contribution in [0.2, 0.25) is 0 Å². The van der Waals surface area contributed by atoms with Crippen molar-refractivity contribution in [2.45, 2.75) is 25.7 Å². The van der Waals surface area contributed by atoms with Crippen LogP contribution in [0.1, 0.15) is 25.7 Å². The fourth-order valence-electron chi connectivity index (χ4n) is 1.21. The smallest absolute Gasteiger partial charge is 0.119 e. The SMILES string of the molecule is O=CCCCCCOc1ccccc1. The first-order valence-corrected chi connectivity index (χ1v) is 5.05. The number of rotatable bonds is 7. The van der Waals surface area contributed by atoms with E-state index in [-0.39, 0.29) is 0 Å². The Labute approximate surface area is 84.9 Å². The van der Waals surface area contributed by atoms with Crippen LogP contribution in [0.25, 0.3) is 0 Å². The molecule has 0 amide bonds. The molecule has 2 nitrogen and oxygen atoms in total. The highest BCUT2D eigenvalue weighted by Crippen LogP contribution is 2.09. The Morgan fingerprint density at radius 1 is 1.07 bits per heavy atom. The third-order valence-electron chi connectivity index (χ3n) is 1.98. The molecule has 0 aliphatic carbocycles. The first-order valence-electron chi connectivity index (χ1n) is 5.05. The summed E-state index contributed by atoms with van der Waals surface area (Å²) in [6.45, 7) is 0.739. The fourth-order valence-corrected chi connectivity index (χ4v) is 1.21. The quantitative estimate of drug-likeness (QED) is 0.490. The summed E-state index contributed by atoms with van der Waals surface area (Å²) < 4.78 is 5.50. The minimum absolute atomic E-state index is 0.672. The lowest BCUT2D eigenvalue weighted by molar-refractivity contribution is -0.107. The van der Waals surface area contributed by atoms with Crippen LogP contribution in [-0.4, -0.2) is 12.9 Å². The normalized spacial score (nSPS) is 9.71. The zero-order valence-corrected chi connectivity index (χ0v) is 8.32. The number of para-hydroxylation sites is 1. The van der Waals surface area contributed by atoms with Crippen LogP contribution in [0.15, 0.2) is 30.3 Å². The van der Waals surface area contributed by atoms with Gasteiger partial charge in [-0.1, -0.05) is 18.2 Å². The molecule has 0 spiro atoms. The van der Waals surface area contributed by atoms with Gasteiger partial charge in [0.1, 0.15) is 12.0 Å². The molecule has 0 unspecified atom stereocenters. The molecule has 0 aromatic heterocycles. The molecule has 0 saturated heterocycles. The number of aldehydes is 1. The summed E-state index contributed by atoms with van der Waals surface area (Å²) in [5.74, 6) is 0.919. The average molecular weight is 192 g/mol. The third-order valence-corrected chi connectivity index (χ3v) is 1.98. The van der Waals surface area contributed by atoms with Crippen LogP contribution >= 0.6 is 0 Å². The molecule has 2 heteroatoms. The zero-order valence-electron chi connectivity index (χ0n) is 8.32. The van der Waals surface area contributed by atoms with Crippen LogP contribution in [0.3, 0.4) is 0 Å². The maximum Gasteiger partial charge on any atom is 0.119 e. The molecule has 0 radical (unpaired) electrons. The fraction of sp³-hybridized carbons (Fsp3) is 0.417. The first-order chi connectivity index (χ1) is 6.93. The molecule has 1 aromatic rings. The number of ether oxygens (including phenoxy) is 1. The third kappa shape index (κ3) is 4.65. The summed E-state index contributed by atoms with van der Waals surface area (Å²) in [6.07, 6.45) is 4.69. The number of hydrogen-bond acceptors (Lipinski definition) is 2. The summed E-state index contributed by atoms with van der Waals surface area (Å²) in [4.78, 5) is 10.0. The van der Waals surface area contributed by atoms with Crippen LogP contribution in [-0.2, 0) is 4.79 Å². The van der Waals surface area contributed by atoms with E-state index in [9.17, 15) is 4.79 Å². The van der Waals surface area contributed by atoms with E-state index in [1.54, 1.807) is 0 Å². The van der Waals surface area contributed by atoms with Crippen molar-refractivity contribution in [3.05, 3.63) is 30.3 Å². The molecule has 0 heterocycles. The standard InChI is InChI=1S/C12H16O2/c13-10-6-1-2-7-11-14-12-8-4-3-5-9-12/h3-5,8-10H,1-2,6-7,11H2.